The van der Waals surface area contributed by atoms with Gasteiger partial charge in [0.1, 0.15) is 23.8 Å². The van der Waals surface area contributed by atoms with Gasteiger partial charge in [-0.05, 0) is 19.4 Å². The minimum Gasteiger partial charge on any atom is -0.387 e. The molecule has 222 valence electrons. The van der Waals surface area contributed by atoms with E-state index < -0.39 is 54.6 Å². The molecule has 0 aromatic carbocycles. The molecule has 6 atom stereocenters. The highest BCUT2D eigenvalue weighted by molar-refractivity contribution is 7.99. The van der Waals surface area contributed by atoms with Gasteiger partial charge in [-0.2, -0.15) is 8.62 Å². The van der Waals surface area contributed by atoms with Gasteiger partial charge in [0.15, 0.2) is 22.8 Å². The zero-order valence-corrected chi connectivity index (χ0v) is 23.6. The Morgan fingerprint density at radius 2 is 1.69 bits per heavy atom. The summed E-state index contributed by atoms with van der Waals surface area (Å²) in [6, 6.07) is 0. The van der Waals surface area contributed by atoms with Crippen molar-refractivity contribution in [2.75, 3.05) is 24.6 Å². The van der Waals surface area contributed by atoms with Crippen LogP contribution in [-0.2, 0) is 31.6 Å². The summed E-state index contributed by atoms with van der Waals surface area (Å²) in [5, 5.41) is 21.3. The Balaban J connectivity index is 1.68. The third-order valence-electron chi connectivity index (χ3n) is 5.19. The van der Waals surface area contributed by atoms with Gasteiger partial charge in [-0.15, -0.1) is 0 Å². The van der Waals surface area contributed by atoms with Crippen molar-refractivity contribution < 1.29 is 61.4 Å². The maximum absolute atomic E-state index is 12.0. The number of aliphatic hydroxyl groups excluding tert-OH is 2. The van der Waals surface area contributed by atoms with Gasteiger partial charge >= 0.3 is 23.5 Å². The van der Waals surface area contributed by atoms with Crippen LogP contribution in [0.25, 0.3) is 11.2 Å². The number of imidazole rings is 1. The van der Waals surface area contributed by atoms with Crippen molar-refractivity contribution in [3.05, 3.63) is 6.33 Å². The van der Waals surface area contributed by atoms with Gasteiger partial charge in [0.05, 0.1) is 12.9 Å². The Kier molecular flexibility index (Phi) is 11.1. The first-order valence-corrected chi connectivity index (χ1v) is 16.8. The summed E-state index contributed by atoms with van der Waals surface area (Å²) in [6.07, 6.45) is -1.03. The molecular formula is C16H29N6O13P3S. The largest absolute Gasteiger partial charge is 0.490 e. The van der Waals surface area contributed by atoms with Gasteiger partial charge < -0.3 is 46.0 Å². The van der Waals surface area contributed by atoms with Crippen molar-refractivity contribution in [1.29, 1.82) is 0 Å². The first-order chi connectivity index (χ1) is 18.1. The minimum absolute atomic E-state index is 0.0709. The number of hydrogen-bond acceptors (Lipinski definition) is 15. The van der Waals surface area contributed by atoms with Crippen molar-refractivity contribution in [1.82, 2.24) is 19.5 Å². The number of phosphoric acid groups is 3. The highest BCUT2D eigenvalue weighted by Gasteiger charge is 2.47. The Morgan fingerprint density at radius 3 is 2.36 bits per heavy atom. The maximum atomic E-state index is 12.0. The number of rotatable bonds is 15. The highest BCUT2D eigenvalue weighted by atomic mass is 32.2. The molecule has 2 unspecified atom stereocenters. The number of aliphatic hydroxyl groups is 2. The topological polar surface area (TPSA) is 305 Å². The second-order valence-corrected chi connectivity index (χ2v) is 13.7. The van der Waals surface area contributed by atoms with Crippen LogP contribution >= 0.6 is 35.2 Å². The van der Waals surface area contributed by atoms with E-state index in [1.165, 1.54) is 22.7 Å². The van der Waals surface area contributed by atoms with Crippen molar-refractivity contribution in [3.8, 4) is 0 Å². The van der Waals surface area contributed by atoms with E-state index in [9.17, 15) is 33.7 Å². The summed E-state index contributed by atoms with van der Waals surface area (Å²) in [5.41, 5.74) is 11.9. The molecular weight excluding hydrogens is 609 g/mol. The average molecular weight is 638 g/mol. The molecule has 1 saturated heterocycles. The second-order valence-electron chi connectivity index (χ2n) is 8.20. The number of ether oxygens (including phenoxy) is 1. The third-order valence-corrected chi connectivity index (χ3v) is 9.92. The number of thioether (sulfide) groups is 1. The standard InChI is InChI=1S/C16H29N6O13P3S/c17-5-3-1-2-4-6-39-16-20-13(18)10-14(21-16)22(8-19-10)15-12(24)11(23)9(33-15)7-32-37(28,29)35-38(30,31)34-36(25,26)27/h8-9,11-12,15,23-24H,1-7,17H2,(H,28,29)(H,30,31)(H2,18,20,21)(H2,25,26,27)/t9-,11-,12-,15-/m1/s1. The molecule has 39 heavy (non-hydrogen) atoms. The fourth-order valence-corrected chi connectivity index (χ4v) is 7.37. The Labute approximate surface area is 225 Å². The molecule has 10 N–H and O–H groups in total. The molecule has 3 heterocycles. The first-order valence-electron chi connectivity index (χ1n) is 11.3. The Morgan fingerprint density at radius 1 is 1.00 bits per heavy atom. The predicted octanol–water partition coefficient (Wildman–Crippen LogP) is -0.0178. The van der Waals surface area contributed by atoms with Gasteiger partial charge in [-0.1, -0.05) is 24.6 Å². The number of nitrogens with zero attached hydrogens (tertiary/aromatic N) is 4. The summed E-state index contributed by atoms with van der Waals surface area (Å²) < 4.78 is 52.8. The highest BCUT2D eigenvalue weighted by Crippen LogP contribution is 2.66. The van der Waals surface area contributed by atoms with E-state index in [0.29, 0.717) is 17.5 Å². The zero-order valence-electron chi connectivity index (χ0n) is 20.1. The predicted molar refractivity (Wildman–Crippen MR) is 134 cm³/mol. The fraction of sp³-hybridized carbons (Fsp3) is 0.688. The Bertz CT molecular complexity index is 1280. The van der Waals surface area contributed by atoms with Crippen LogP contribution in [0.1, 0.15) is 31.9 Å². The van der Waals surface area contributed by atoms with Crippen LogP contribution in [0.15, 0.2) is 11.5 Å². The van der Waals surface area contributed by atoms with Gasteiger partial charge in [0.2, 0.25) is 0 Å². The molecule has 0 aliphatic carbocycles. The summed E-state index contributed by atoms with van der Waals surface area (Å²) in [7, 11) is -16.8. The van der Waals surface area contributed by atoms with E-state index in [1.54, 1.807) is 0 Å². The quantitative estimate of drug-likeness (QED) is 0.0550. The lowest BCUT2D eigenvalue weighted by Gasteiger charge is -2.19. The summed E-state index contributed by atoms with van der Waals surface area (Å²) in [6.45, 7) is -0.330. The number of anilines is 1. The van der Waals surface area contributed by atoms with Crippen molar-refractivity contribution in [3.63, 3.8) is 0 Å². The molecule has 3 rings (SSSR count). The lowest BCUT2D eigenvalue weighted by atomic mass is 10.1. The molecule has 0 saturated carbocycles. The maximum Gasteiger partial charge on any atom is 0.490 e. The average Bonchev–Trinajstić information content (AvgIpc) is 3.34. The van der Waals surface area contributed by atoms with E-state index >= 15 is 0 Å². The smallest absolute Gasteiger partial charge is 0.387 e. The van der Waals surface area contributed by atoms with Gasteiger partial charge in [0.25, 0.3) is 0 Å². The SMILES string of the molecule is NCCCCCCSc1nc(N)c2ncn([C@@H]3O[C@H](COP(=O)(O)OP(=O)(O)OP(=O)(O)O)[C@@H](O)[C@H]3O)c2n1. The van der Waals surface area contributed by atoms with E-state index in [2.05, 4.69) is 28.1 Å². The number of aromatic nitrogens is 4. The zero-order chi connectivity index (χ0) is 29.0. The van der Waals surface area contributed by atoms with Gasteiger partial charge in [-0.3, -0.25) is 9.09 Å². The van der Waals surface area contributed by atoms with E-state index in [1.807, 2.05) is 0 Å². The normalized spacial score (nSPS) is 25.1. The van der Waals surface area contributed by atoms with Crippen molar-refractivity contribution in [2.45, 2.75) is 55.4 Å². The number of nitrogens with two attached hydrogens (primary N) is 2. The van der Waals surface area contributed by atoms with Crippen LogP contribution < -0.4 is 11.5 Å². The monoisotopic (exact) mass is 638 g/mol. The third kappa shape index (κ3) is 9.22. The molecule has 0 amide bonds. The Hall–Kier alpha value is -1.05. The molecule has 1 aliphatic rings. The van der Waals surface area contributed by atoms with Crippen LogP contribution in [0, 0.1) is 0 Å². The molecule has 1 aliphatic heterocycles. The summed E-state index contributed by atoms with van der Waals surface area (Å²) >= 11 is 1.36. The first kappa shape index (κ1) is 32.5. The summed E-state index contributed by atoms with van der Waals surface area (Å²) in [5.74, 6) is 0.787. The second kappa shape index (κ2) is 13.3. The van der Waals surface area contributed by atoms with Crippen LogP contribution in [0.3, 0.4) is 0 Å². The lowest BCUT2D eigenvalue weighted by molar-refractivity contribution is -0.0503. The number of hydrogen-bond donors (Lipinski definition) is 8. The molecule has 1 fully saturated rings. The van der Waals surface area contributed by atoms with E-state index in [-0.39, 0.29) is 17.0 Å². The summed E-state index contributed by atoms with van der Waals surface area (Å²) in [4.78, 5) is 48.8. The van der Waals surface area contributed by atoms with Crippen LogP contribution in [0.2, 0.25) is 0 Å². The molecule has 0 bridgehead atoms. The molecule has 2 aromatic rings. The van der Waals surface area contributed by atoms with Crippen molar-refractivity contribution in [2.24, 2.45) is 5.73 Å². The lowest BCUT2D eigenvalue weighted by Crippen LogP contribution is -2.33. The number of unbranched alkanes of at least 4 members (excludes halogenated alkanes) is 3. The molecule has 2 aromatic heterocycles. The number of phosphoric ester groups is 1. The van der Waals surface area contributed by atoms with Crippen molar-refractivity contribution >= 4 is 52.2 Å². The van der Waals surface area contributed by atoms with Gasteiger partial charge in [0, 0.05) is 5.75 Å². The molecule has 23 heteroatoms. The van der Waals surface area contributed by atoms with Crippen LogP contribution in [-0.4, -0.2) is 86.5 Å². The van der Waals surface area contributed by atoms with Crippen LogP contribution in [0.4, 0.5) is 5.82 Å². The van der Waals surface area contributed by atoms with E-state index in [4.69, 9.17) is 26.0 Å². The molecule has 19 nitrogen and oxygen atoms in total. The van der Waals surface area contributed by atoms with Crippen LogP contribution in [0.5, 0.6) is 0 Å². The molecule has 0 radical (unpaired) electrons. The molecule has 0 spiro atoms. The fourth-order valence-electron chi connectivity index (χ4n) is 3.50. The van der Waals surface area contributed by atoms with E-state index in [0.717, 1.165) is 25.7 Å². The number of nitrogen functional groups attached to an aromatic ring is 1. The minimum atomic E-state index is -5.73. The number of fused-ring (bicyclic) bond motifs is 1. The van der Waals surface area contributed by atoms with Gasteiger partial charge in [-0.25, -0.2) is 28.6 Å².